The van der Waals surface area contributed by atoms with Crippen LogP contribution in [0.25, 0.3) is 0 Å². The molecule has 0 bridgehead atoms. The van der Waals surface area contributed by atoms with E-state index in [4.69, 9.17) is 14.2 Å². The van der Waals surface area contributed by atoms with Crippen LogP contribution in [0.15, 0.2) is 0 Å². The Morgan fingerprint density at radius 2 is 1.60 bits per heavy atom. The van der Waals surface area contributed by atoms with Crippen molar-refractivity contribution in [1.82, 2.24) is 0 Å². The van der Waals surface area contributed by atoms with E-state index in [1.165, 1.54) is 13.8 Å². The Bertz CT molecular complexity index is 237. The predicted octanol–water partition coefficient (Wildman–Crippen LogP) is -0.413. The molecular formula is C9H14O6. The molecule has 0 aliphatic carbocycles. The van der Waals surface area contributed by atoms with E-state index in [1.807, 2.05) is 0 Å². The molecule has 1 aliphatic rings. The summed E-state index contributed by atoms with van der Waals surface area (Å²) in [5.74, 6) is -1.07. The Labute approximate surface area is 87.1 Å². The first kappa shape index (κ1) is 11.9. The van der Waals surface area contributed by atoms with Gasteiger partial charge in [-0.1, -0.05) is 0 Å². The van der Waals surface area contributed by atoms with Crippen LogP contribution in [0.1, 0.15) is 20.8 Å². The summed E-state index contributed by atoms with van der Waals surface area (Å²) in [6, 6.07) is 0. The van der Waals surface area contributed by atoms with Crippen molar-refractivity contribution in [3.63, 3.8) is 0 Å². The highest BCUT2D eigenvalue weighted by Crippen LogP contribution is 2.25. The molecule has 1 N–H and O–H groups in total. The SMILES string of the molecule is CC(=O)O[C@@H]1[C@@H](OC(C)=O)[C@@H](C)O[C@H]1O. The van der Waals surface area contributed by atoms with Crippen LogP contribution in [0.2, 0.25) is 0 Å². The quantitative estimate of drug-likeness (QED) is 0.634. The maximum Gasteiger partial charge on any atom is 0.303 e. The Morgan fingerprint density at radius 1 is 1.13 bits per heavy atom. The molecule has 1 fully saturated rings. The number of ether oxygens (including phenoxy) is 3. The van der Waals surface area contributed by atoms with Gasteiger partial charge in [0.05, 0.1) is 6.10 Å². The lowest BCUT2D eigenvalue weighted by Crippen LogP contribution is -2.39. The second-order valence-electron chi connectivity index (χ2n) is 3.38. The largest absolute Gasteiger partial charge is 0.456 e. The van der Waals surface area contributed by atoms with Gasteiger partial charge in [0.25, 0.3) is 0 Å². The first-order chi connectivity index (χ1) is 6.91. The first-order valence-corrected chi connectivity index (χ1v) is 4.59. The van der Waals surface area contributed by atoms with Crippen molar-refractivity contribution in [2.45, 2.75) is 45.4 Å². The third-order valence-corrected chi connectivity index (χ3v) is 2.03. The highest BCUT2D eigenvalue weighted by Gasteiger charge is 2.46. The summed E-state index contributed by atoms with van der Waals surface area (Å²) in [6.07, 6.45) is -3.48. The van der Waals surface area contributed by atoms with Gasteiger partial charge in [-0.2, -0.15) is 0 Å². The summed E-state index contributed by atoms with van der Waals surface area (Å²) in [4.78, 5) is 21.5. The number of hydrogen-bond acceptors (Lipinski definition) is 6. The predicted molar refractivity (Wildman–Crippen MR) is 47.7 cm³/mol. The number of esters is 2. The molecule has 0 saturated carbocycles. The van der Waals surface area contributed by atoms with Crippen LogP contribution < -0.4 is 0 Å². The van der Waals surface area contributed by atoms with Crippen molar-refractivity contribution in [3.8, 4) is 0 Å². The summed E-state index contributed by atoms with van der Waals surface area (Å²) in [6.45, 7) is 4.07. The van der Waals surface area contributed by atoms with Gasteiger partial charge >= 0.3 is 11.9 Å². The van der Waals surface area contributed by atoms with E-state index in [9.17, 15) is 14.7 Å². The van der Waals surface area contributed by atoms with Gasteiger partial charge in [-0.25, -0.2) is 0 Å². The lowest BCUT2D eigenvalue weighted by atomic mass is 10.1. The lowest BCUT2D eigenvalue weighted by Gasteiger charge is -2.20. The normalized spacial score (nSPS) is 34.9. The van der Waals surface area contributed by atoms with Crippen LogP contribution >= 0.6 is 0 Å². The van der Waals surface area contributed by atoms with E-state index in [0.29, 0.717) is 0 Å². The molecule has 1 rings (SSSR count). The van der Waals surface area contributed by atoms with Gasteiger partial charge in [-0.3, -0.25) is 9.59 Å². The maximum absolute atomic E-state index is 10.8. The van der Waals surface area contributed by atoms with E-state index in [1.54, 1.807) is 6.92 Å². The zero-order chi connectivity index (χ0) is 11.6. The average Bonchev–Trinajstić information content (AvgIpc) is 2.30. The minimum atomic E-state index is -1.26. The molecular weight excluding hydrogens is 204 g/mol. The zero-order valence-corrected chi connectivity index (χ0v) is 8.80. The number of rotatable bonds is 2. The van der Waals surface area contributed by atoms with Crippen LogP contribution in [0.3, 0.4) is 0 Å². The van der Waals surface area contributed by atoms with Crippen LogP contribution in [-0.2, 0) is 23.8 Å². The molecule has 6 nitrogen and oxygen atoms in total. The van der Waals surface area contributed by atoms with Crippen molar-refractivity contribution in [3.05, 3.63) is 0 Å². The molecule has 4 atom stereocenters. The van der Waals surface area contributed by atoms with Crippen molar-refractivity contribution in [2.24, 2.45) is 0 Å². The van der Waals surface area contributed by atoms with Crippen molar-refractivity contribution < 1.29 is 28.9 Å². The minimum Gasteiger partial charge on any atom is -0.456 e. The summed E-state index contributed by atoms with van der Waals surface area (Å²) in [5, 5.41) is 9.40. The third kappa shape index (κ3) is 2.90. The molecule has 0 spiro atoms. The summed E-state index contributed by atoms with van der Waals surface area (Å²) < 4.78 is 14.7. The number of aliphatic hydroxyl groups excluding tert-OH is 1. The number of hydrogen-bond donors (Lipinski definition) is 1. The number of carbonyl (C=O) groups is 2. The smallest absolute Gasteiger partial charge is 0.303 e. The lowest BCUT2D eigenvalue weighted by molar-refractivity contribution is -0.174. The fourth-order valence-corrected chi connectivity index (χ4v) is 1.48. The molecule has 1 saturated heterocycles. The van der Waals surface area contributed by atoms with E-state index < -0.39 is 36.5 Å². The molecule has 0 aromatic carbocycles. The van der Waals surface area contributed by atoms with Gasteiger partial charge < -0.3 is 19.3 Å². The molecule has 0 unspecified atom stereocenters. The molecule has 0 aromatic heterocycles. The molecule has 0 aromatic rings. The third-order valence-electron chi connectivity index (χ3n) is 2.03. The van der Waals surface area contributed by atoms with Crippen molar-refractivity contribution >= 4 is 11.9 Å². The molecule has 0 radical (unpaired) electrons. The summed E-state index contributed by atoms with van der Waals surface area (Å²) in [7, 11) is 0. The average molecular weight is 218 g/mol. The highest BCUT2D eigenvalue weighted by atomic mass is 16.7. The summed E-state index contributed by atoms with van der Waals surface area (Å²) in [5.41, 5.74) is 0. The summed E-state index contributed by atoms with van der Waals surface area (Å²) >= 11 is 0. The van der Waals surface area contributed by atoms with Gasteiger partial charge in [0, 0.05) is 13.8 Å². The van der Waals surface area contributed by atoms with Crippen LogP contribution in [0, 0.1) is 0 Å². The topological polar surface area (TPSA) is 82.1 Å². The fraction of sp³-hybridized carbons (Fsp3) is 0.778. The van der Waals surface area contributed by atoms with Gasteiger partial charge in [0.15, 0.2) is 18.5 Å². The Kier molecular flexibility index (Phi) is 3.65. The molecule has 15 heavy (non-hydrogen) atoms. The Balaban J connectivity index is 2.70. The molecule has 0 amide bonds. The van der Waals surface area contributed by atoms with E-state index in [0.717, 1.165) is 0 Å². The van der Waals surface area contributed by atoms with Crippen molar-refractivity contribution in [2.75, 3.05) is 0 Å². The number of carbonyl (C=O) groups excluding carboxylic acids is 2. The molecule has 1 heterocycles. The first-order valence-electron chi connectivity index (χ1n) is 4.59. The Hall–Kier alpha value is -1.14. The van der Waals surface area contributed by atoms with Crippen LogP contribution in [-0.4, -0.2) is 41.6 Å². The Morgan fingerprint density at radius 3 is 2.07 bits per heavy atom. The van der Waals surface area contributed by atoms with E-state index >= 15 is 0 Å². The fourth-order valence-electron chi connectivity index (χ4n) is 1.48. The maximum atomic E-state index is 10.8. The second-order valence-corrected chi connectivity index (χ2v) is 3.38. The van der Waals surface area contributed by atoms with Gasteiger partial charge in [0.2, 0.25) is 0 Å². The monoisotopic (exact) mass is 218 g/mol. The molecule has 1 aliphatic heterocycles. The van der Waals surface area contributed by atoms with Crippen LogP contribution in [0.5, 0.6) is 0 Å². The molecule has 6 heteroatoms. The van der Waals surface area contributed by atoms with Gasteiger partial charge in [0.1, 0.15) is 0 Å². The highest BCUT2D eigenvalue weighted by molar-refractivity contribution is 5.67. The zero-order valence-electron chi connectivity index (χ0n) is 8.80. The standard InChI is InChI=1S/C9H14O6/c1-4-7(14-5(2)10)8(9(12)13-4)15-6(3)11/h4,7-9,12H,1-3H3/t4-,7+,8-,9-/m1/s1. The minimum absolute atomic E-state index is 0.506. The van der Waals surface area contributed by atoms with E-state index in [2.05, 4.69) is 0 Å². The molecule has 86 valence electrons. The van der Waals surface area contributed by atoms with Gasteiger partial charge in [-0.15, -0.1) is 0 Å². The number of aliphatic hydroxyl groups is 1. The van der Waals surface area contributed by atoms with Crippen LogP contribution in [0.4, 0.5) is 0 Å². The van der Waals surface area contributed by atoms with Gasteiger partial charge in [-0.05, 0) is 6.92 Å². The van der Waals surface area contributed by atoms with E-state index in [-0.39, 0.29) is 0 Å². The van der Waals surface area contributed by atoms with Crippen molar-refractivity contribution in [1.29, 1.82) is 0 Å². The second kappa shape index (κ2) is 4.59.